The van der Waals surface area contributed by atoms with E-state index in [2.05, 4.69) is 0 Å². The van der Waals surface area contributed by atoms with Crippen molar-refractivity contribution in [2.45, 2.75) is 12.2 Å². The molecule has 0 spiro atoms. The largest absolute Gasteiger partial charge is 0.503 e. The van der Waals surface area contributed by atoms with Gasteiger partial charge in [-0.05, 0) is 42.0 Å². The average molecular weight is 509 g/mol. The number of nitrogens with zero attached hydrogens (tertiary/aromatic N) is 1. The fraction of sp³-hybridized carbons (Fsp3) is 0.143. The Labute approximate surface area is 210 Å². The van der Waals surface area contributed by atoms with Crippen LogP contribution in [-0.2, 0) is 15.8 Å². The highest BCUT2D eigenvalue weighted by Gasteiger charge is 2.45. The number of hydrogen-bond acceptors (Lipinski definition) is 5. The second-order valence-electron chi connectivity index (χ2n) is 8.10. The molecule has 0 saturated heterocycles. The van der Waals surface area contributed by atoms with Gasteiger partial charge in [-0.2, -0.15) is 13.2 Å². The second kappa shape index (κ2) is 10.2. The van der Waals surface area contributed by atoms with Crippen LogP contribution in [0.5, 0.6) is 11.5 Å². The summed E-state index contributed by atoms with van der Waals surface area (Å²) in [6, 6.07) is 16.3. The standard InChI is InChI=1S/C28H22F3NO5/c1-36-20-12-13-21(23(16-20)37-2)25-24(22(33)14-11-17-7-4-3-5-8-17)26(34)27(35)32(25)19-10-6-9-18(15-19)28(29,30)31/h3-16,25,34H,1-2H3. The topological polar surface area (TPSA) is 76.1 Å². The SMILES string of the molecule is COc1ccc(C2C(C(=O)C=Cc3ccccc3)=C(O)C(=O)N2c2cccc(C(F)(F)F)c2)c(OC)c1. The Morgan fingerprint density at radius 1 is 0.973 bits per heavy atom. The number of benzene rings is 3. The van der Waals surface area contributed by atoms with Crippen LogP contribution in [0.3, 0.4) is 0 Å². The Hall–Kier alpha value is -4.53. The lowest BCUT2D eigenvalue weighted by Crippen LogP contribution is -2.31. The molecular weight excluding hydrogens is 487 g/mol. The van der Waals surface area contributed by atoms with Crippen molar-refractivity contribution in [2.75, 3.05) is 19.1 Å². The lowest BCUT2D eigenvalue weighted by atomic mass is 9.94. The first-order valence-electron chi connectivity index (χ1n) is 11.1. The normalized spacial score (nSPS) is 16.0. The number of allylic oxidation sites excluding steroid dienone is 1. The highest BCUT2D eigenvalue weighted by molar-refractivity contribution is 6.20. The summed E-state index contributed by atoms with van der Waals surface area (Å²) < 4.78 is 51.0. The van der Waals surface area contributed by atoms with Gasteiger partial charge in [0.1, 0.15) is 11.5 Å². The number of halogens is 3. The maximum atomic E-state index is 13.5. The third-order valence-corrected chi connectivity index (χ3v) is 5.89. The highest BCUT2D eigenvalue weighted by atomic mass is 19.4. The zero-order valence-electron chi connectivity index (χ0n) is 19.8. The molecule has 0 radical (unpaired) electrons. The Morgan fingerprint density at radius 2 is 1.70 bits per heavy atom. The molecule has 1 aliphatic rings. The molecule has 1 atom stereocenters. The predicted molar refractivity (Wildman–Crippen MR) is 131 cm³/mol. The zero-order chi connectivity index (χ0) is 26.7. The number of methoxy groups -OCH3 is 2. The fourth-order valence-electron chi connectivity index (χ4n) is 4.12. The summed E-state index contributed by atoms with van der Waals surface area (Å²) in [7, 11) is 2.81. The van der Waals surface area contributed by atoms with Gasteiger partial charge >= 0.3 is 6.18 Å². The van der Waals surface area contributed by atoms with E-state index < -0.39 is 35.2 Å². The molecule has 6 nitrogen and oxygen atoms in total. The predicted octanol–water partition coefficient (Wildman–Crippen LogP) is 5.91. The Bertz CT molecular complexity index is 1400. The van der Waals surface area contributed by atoms with Gasteiger partial charge in [0.15, 0.2) is 11.5 Å². The quantitative estimate of drug-likeness (QED) is 0.401. The van der Waals surface area contributed by atoms with Crippen LogP contribution in [0, 0.1) is 0 Å². The number of carbonyl (C=O) groups is 2. The number of aliphatic hydroxyl groups is 1. The van der Waals surface area contributed by atoms with Crippen LogP contribution >= 0.6 is 0 Å². The highest BCUT2D eigenvalue weighted by Crippen LogP contribution is 2.45. The van der Waals surface area contributed by atoms with E-state index in [1.165, 1.54) is 44.6 Å². The molecule has 0 aromatic heterocycles. The van der Waals surface area contributed by atoms with E-state index >= 15 is 0 Å². The first-order valence-corrected chi connectivity index (χ1v) is 11.1. The monoisotopic (exact) mass is 509 g/mol. The third kappa shape index (κ3) is 5.06. The summed E-state index contributed by atoms with van der Waals surface area (Å²) in [5.41, 5.74) is -0.452. The van der Waals surface area contributed by atoms with Crippen LogP contribution in [-0.4, -0.2) is 31.0 Å². The molecule has 3 aromatic carbocycles. The third-order valence-electron chi connectivity index (χ3n) is 5.89. The van der Waals surface area contributed by atoms with E-state index in [4.69, 9.17) is 9.47 Å². The van der Waals surface area contributed by atoms with Gasteiger partial charge in [0.05, 0.1) is 31.4 Å². The van der Waals surface area contributed by atoms with Gasteiger partial charge < -0.3 is 14.6 Å². The van der Waals surface area contributed by atoms with Gasteiger partial charge in [-0.15, -0.1) is 0 Å². The lowest BCUT2D eigenvalue weighted by molar-refractivity contribution is -0.137. The molecule has 1 unspecified atom stereocenters. The van der Waals surface area contributed by atoms with E-state index in [-0.39, 0.29) is 22.6 Å². The van der Waals surface area contributed by atoms with Crippen molar-refractivity contribution in [3.05, 3.63) is 107 Å². The van der Waals surface area contributed by atoms with E-state index in [1.54, 1.807) is 30.3 Å². The van der Waals surface area contributed by atoms with Crippen molar-refractivity contribution in [1.82, 2.24) is 0 Å². The summed E-state index contributed by atoms with van der Waals surface area (Å²) >= 11 is 0. The van der Waals surface area contributed by atoms with Crippen LogP contribution in [0.15, 0.2) is 90.2 Å². The van der Waals surface area contributed by atoms with Crippen molar-refractivity contribution in [3.8, 4) is 11.5 Å². The fourth-order valence-corrected chi connectivity index (χ4v) is 4.12. The van der Waals surface area contributed by atoms with Crippen molar-refractivity contribution in [1.29, 1.82) is 0 Å². The summed E-state index contributed by atoms with van der Waals surface area (Å²) in [6.45, 7) is 0. The first kappa shape index (κ1) is 25.6. The molecule has 1 aliphatic heterocycles. The van der Waals surface area contributed by atoms with E-state index in [0.29, 0.717) is 11.3 Å². The van der Waals surface area contributed by atoms with Gasteiger partial charge in [-0.25, -0.2) is 0 Å². The molecule has 1 amide bonds. The van der Waals surface area contributed by atoms with Gasteiger partial charge in [0.2, 0.25) is 0 Å². The van der Waals surface area contributed by atoms with Crippen LogP contribution < -0.4 is 14.4 Å². The van der Waals surface area contributed by atoms with Gasteiger partial charge in [0, 0.05) is 17.3 Å². The number of anilines is 1. The maximum Gasteiger partial charge on any atom is 0.416 e. The summed E-state index contributed by atoms with van der Waals surface area (Å²) in [5.74, 6) is -1.93. The Balaban J connectivity index is 1.87. The molecule has 0 saturated carbocycles. The molecule has 1 N–H and O–H groups in total. The number of carbonyl (C=O) groups excluding carboxylic acids is 2. The van der Waals surface area contributed by atoms with E-state index in [1.807, 2.05) is 6.07 Å². The molecule has 190 valence electrons. The van der Waals surface area contributed by atoms with Crippen LogP contribution in [0.25, 0.3) is 6.08 Å². The summed E-state index contributed by atoms with van der Waals surface area (Å²) in [4.78, 5) is 27.6. The molecule has 4 rings (SSSR count). The van der Waals surface area contributed by atoms with E-state index in [9.17, 15) is 27.9 Å². The van der Waals surface area contributed by atoms with Crippen molar-refractivity contribution < 1.29 is 37.3 Å². The Morgan fingerprint density at radius 3 is 2.35 bits per heavy atom. The number of ketones is 1. The van der Waals surface area contributed by atoms with Crippen LogP contribution in [0.1, 0.15) is 22.7 Å². The number of ether oxygens (including phenoxy) is 2. The minimum absolute atomic E-state index is 0.149. The molecule has 0 bridgehead atoms. The van der Waals surface area contributed by atoms with Crippen LogP contribution in [0.2, 0.25) is 0 Å². The molecule has 1 heterocycles. The number of alkyl halides is 3. The minimum Gasteiger partial charge on any atom is -0.503 e. The molecular formula is C28H22F3NO5. The van der Waals surface area contributed by atoms with Crippen molar-refractivity contribution in [2.24, 2.45) is 0 Å². The van der Waals surface area contributed by atoms with Crippen molar-refractivity contribution >= 4 is 23.5 Å². The second-order valence-corrected chi connectivity index (χ2v) is 8.10. The number of hydrogen-bond donors (Lipinski definition) is 1. The van der Waals surface area contributed by atoms with E-state index in [0.717, 1.165) is 23.1 Å². The molecule has 0 fully saturated rings. The molecule has 0 aliphatic carbocycles. The van der Waals surface area contributed by atoms with Gasteiger partial charge in [-0.3, -0.25) is 14.5 Å². The molecule has 37 heavy (non-hydrogen) atoms. The lowest BCUT2D eigenvalue weighted by Gasteiger charge is -2.28. The zero-order valence-corrected chi connectivity index (χ0v) is 19.8. The first-order chi connectivity index (χ1) is 17.7. The molecule has 3 aromatic rings. The van der Waals surface area contributed by atoms with Crippen LogP contribution in [0.4, 0.5) is 18.9 Å². The maximum absolute atomic E-state index is 13.5. The smallest absolute Gasteiger partial charge is 0.416 e. The summed E-state index contributed by atoms with van der Waals surface area (Å²) in [6.07, 6.45) is -1.95. The van der Waals surface area contributed by atoms with Crippen molar-refractivity contribution in [3.63, 3.8) is 0 Å². The molecule has 9 heteroatoms. The number of rotatable bonds is 7. The van der Waals surface area contributed by atoms with Gasteiger partial charge in [0.25, 0.3) is 5.91 Å². The number of amides is 1. The average Bonchev–Trinajstić information content (AvgIpc) is 3.17. The summed E-state index contributed by atoms with van der Waals surface area (Å²) in [5, 5.41) is 10.8. The Kier molecular flexibility index (Phi) is 7.06. The number of aliphatic hydroxyl groups excluding tert-OH is 1. The van der Waals surface area contributed by atoms with Gasteiger partial charge in [-0.1, -0.05) is 42.5 Å². The minimum atomic E-state index is -4.67.